The van der Waals surface area contributed by atoms with Crippen LogP contribution in [0.15, 0.2) is 30.6 Å². The number of rotatable bonds is 3. The first kappa shape index (κ1) is 12.6. The summed E-state index contributed by atoms with van der Waals surface area (Å²) in [5, 5.41) is 9.22. The molecule has 0 aliphatic heterocycles. The summed E-state index contributed by atoms with van der Waals surface area (Å²) in [5.41, 5.74) is 8.52. The third kappa shape index (κ3) is 2.00. The predicted octanol–water partition coefficient (Wildman–Crippen LogP) is 1.24. The summed E-state index contributed by atoms with van der Waals surface area (Å²) < 4.78 is 1.91. The minimum Gasteiger partial charge on any atom is -0.396 e. The second-order valence-electron chi connectivity index (χ2n) is 4.58. The number of imidazole rings is 1. The maximum atomic E-state index is 9.22. The van der Waals surface area contributed by atoms with Gasteiger partial charge in [0.2, 0.25) is 0 Å². The number of aromatic nitrogens is 4. The van der Waals surface area contributed by atoms with E-state index in [1.807, 2.05) is 29.7 Å². The summed E-state index contributed by atoms with van der Waals surface area (Å²) in [6.07, 6.45) is 3.58. The van der Waals surface area contributed by atoms with Crippen LogP contribution in [0.25, 0.3) is 16.9 Å². The Morgan fingerprint density at radius 3 is 2.80 bits per heavy atom. The normalized spacial score (nSPS) is 11.1. The smallest absolute Gasteiger partial charge is 0.157 e. The highest BCUT2D eigenvalue weighted by Crippen LogP contribution is 2.23. The number of nitrogens with two attached hydrogens (primary N) is 1. The number of aryl methyl sites for hydroxylation is 1. The Morgan fingerprint density at radius 1 is 1.25 bits per heavy atom. The molecule has 3 aromatic rings. The molecular formula is C14H15N5O. The largest absolute Gasteiger partial charge is 0.396 e. The van der Waals surface area contributed by atoms with Crippen LogP contribution in [-0.2, 0) is 6.42 Å². The number of anilines is 1. The SMILES string of the molecule is Cc1cccc2c1nc(CCO)n2-c1cnc(N)cn1. The van der Waals surface area contributed by atoms with E-state index >= 15 is 0 Å². The standard InChI is InChI=1S/C14H15N5O/c1-9-3-2-4-10-14(9)18-12(5-6-20)19(10)13-8-16-11(15)7-17-13/h2-4,7-8,20H,5-6H2,1H3,(H2,15,16). The molecule has 0 amide bonds. The van der Waals surface area contributed by atoms with E-state index in [0.29, 0.717) is 18.1 Å². The number of aliphatic hydroxyl groups is 1. The highest BCUT2D eigenvalue weighted by molar-refractivity contribution is 5.81. The lowest BCUT2D eigenvalue weighted by Gasteiger charge is -2.07. The Balaban J connectivity index is 2.28. The van der Waals surface area contributed by atoms with Crippen LogP contribution in [0.5, 0.6) is 0 Å². The topological polar surface area (TPSA) is 89.9 Å². The van der Waals surface area contributed by atoms with Gasteiger partial charge in [0.25, 0.3) is 0 Å². The van der Waals surface area contributed by atoms with E-state index in [4.69, 9.17) is 5.73 Å². The van der Waals surface area contributed by atoms with Crippen molar-refractivity contribution in [1.29, 1.82) is 0 Å². The first-order chi connectivity index (χ1) is 9.70. The van der Waals surface area contributed by atoms with E-state index < -0.39 is 0 Å². The molecule has 0 bridgehead atoms. The fourth-order valence-electron chi connectivity index (χ4n) is 2.26. The van der Waals surface area contributed by atoms with Gasteiger partial charge in [-0.2, -0.15) is 0 Å². The van der Waals surface area contributed by atoms with Gasteiger partial charge < -0.3 is 10.8 Å². The van der Waals surface area contributed by atoms with Crippen molar-refractivity contribution in [3.8, 4) is 5.82 Å². The quantitative estimate of drug-likeness (QED) is 0.746. The van der Waals surface area contributed by atoms with Gasteiger partial charge in [-0.15, -0.1) is 0 Å². The van der Waals surface area contributed by atoms with Crippen LogP contribution < -0.4 is 5.73 Å². The van der Waals surface area contributed by atoms with Gasteiger partial charge in [-0.25, -0.2) is 15.0 Å². The summed E-state index contributed by atoms with van der Waals surface area (Å²) in [4.78, 5) is 13.0. The molecule has 1 aromatic carbocycles. The Morgan fingerprint density at radius 2 is 2.10 bits per heavy atom. The summed E-state index contributed by atoms with van der Waals surface area (Å²) in [6.45, 7) is 2.04. The fourth-order valence-corrected chi connectivity index (χ4v) is 2.26. The molecule has 0 aliphatic carbocycles. The molecule has 2 heterocycles. The molecule has 3 rings (SSSR count). The molecule has 0 atom stereocenters. The Labute approximate surface area is 115 Å². The number of hydrogen-bond donors (Lipinski definition) is 2. The first-order valence-corrected chi connectivity index (χ1v) is 6.36. The van der Waals surface area contributed by atoms with Crippen LogP contribution in [0, 0.1) is 6.92 Å². The van der Waals surface area contributed by atoms with Crippen molar-refractivity contribution in [2.24, 2.45) is 0 Å². The monoisotopic (exact) mass is 269 g/mol. The van der Waals surface area contributed by atoms with Crippen molar-refractivity contribution < 1.29 is 5.11 Å². The second kappa shape index (κ2) is 4.90. The Bertz CT molecular complexity index is 748. The molecule has 6 heteroatoms. The molecule has 0 saturated carbocycles. The molecular weight excluding hydrogens is 254 g/mol. The second-order valence-corrected chi connectivity index (χ2v) is 4.58. The van der Waals surface area contributed by atoms with Crippen LogP contribution in [0.3, 0.4) is 0 Å². The van der Waals surface area contributed by atoms with Crippen LogP contribution >= 0.6 is 0 Å². The molecule has 102 valence electrons. The fraction of sp³-hybridized carbons (Fsp3) is 0.214. The van der Waals surface area contributed by atoms with E-state index in [0.717, 1.165) is 22.4 Å². The van der Waals surface area contributed by atoms with Crippen LogP contribution in [0.2, 0.25) is 0 Å². The maximum Gasteiger partial charge on any atom is 0.157 e. The number of nitrogens with zero attached hydrogens (tertiary/aromatic N) is 4. The molecule has 2 aromatic heterocycles. The summed E-state index contributed by atoms with van der Waals surface area (Å²) in [6, 6.07) is 5.97. The van der Waals surface area contributed by atoms with Crippen molar-refractivity contribution >= 4 is 16.9 Å². The minimum atomic E-state index is 0.0325. The Hall–Kier alpha value is -2.47. The van der Waals surface area contributed by atoms with Gasteiger partial charge in [0.15, 0.2) is 5.82 Å². The molecule has 0 radical (unpaired) electrons. The van der Waals surface area contributed by atoms with Crippen LogP contribution in [0.4, 0.5) is 5.82 Å². The van der Waals surface area contributed by atoms with Gasteiger partial charge in [0.05, 0.1) is 30.0 Å². The lowest BCUT2D eigenvalue weighted by Crippen LogP contribution is -2.06. The van der Waals surface area contributed by atoms with Crippen LogP contribution in [-0.4, -0.2) is 31.2 Å². The molecule has 0 fully saturated rings. The predicted molar refractivity (Wildman–Crippen MR) is 76.6 cm³/mol. The van der Waals surface area contributed by atoms with Gasteiger partial charge >= 0.3 is 0 Å². The highest BCUT2D eigenvalue weighted by atomic mass is 16.3. The molecule has 0 aliphatic rings. The lowest BCUT2D eigenvalue weighted by molar-refractivity contribution is 0.296. The summed E-state index contributed by atoms with van der Waals surface area (Å²) in [7, 11) is 0. The van der Waals surface area contributed by atoms with Crippen molar-refractivity contribution in [1.82, 2.24) is 19.5 Å². The zero-order valence-corrected chi connectivity index (χ0v) is 11.1. The Kier molecular flexibility index (Phi) is 3.08. The van der Waals surface area contributed by atoms with Gasteiger partial charge in [-0.3, -0.25) is 4.57 Å². The molecule has 6 nitrogen and oxygen atoms in total. The number of hydrogen-bond acceptors (Lipinski definition) is 5. The van der Waals surface area contributed by atoms with Gasteiger partial charge in [0.1, 0.15) is 11.6 Å². The zero-order valence-electron chi connectivity index (χ0n) is 11.1. The van der Waals surface area contributed by atoms with Crippen LogP contribution in [0.1, 0.15) is 11.4 Å². The maximum absolute atomic E-state index is 9.22. The van der Waals surface area contributed by atoms with Gasteiger partial charge in [-0.1, -0.05) is 12.1 Å². The molecule has 0 spiro atoms. The summed E-state index contributed by atoms with van der Waals surface area (Å²) >= 11 is 0. The number of fused-ring (bicyclic) bond motifs is 1. The molecule has 20 heavy (non-hydrogen) atoms. The van der Waals surface area contributed by atoms with Crippen molar-refractivity contribution in [3.05, 3.63) is 42.0 Å². The van der Waals surface area contributed by atoms with Gasteiger partial charge in [0, 0.05) is 6.42 Å². The van der Waals surface area contributed by atoms with E-state index in [1.165, 1.54) is 6.20 Å². The number of benzene rings is 1. The van der Waals surface area contributed by atoms with Crippen molar-refractivity contribution in [2.45, 2.75) is 13.3 Å². The third-order valence-corrected chi connectivity index (χ3v) is 3.18. The van der Waals surface area contributed by atoms with Gasteiger partial charge in [-0.05, 0) is 18.6 Å². The van der Waals surface area contributed by atoms with E-state index in [-0.39, 0.29) is 6.61 Å². The molecule has 0 unspecified atom stereocenters. The summed E-state index contributed by atoms with van der Waals surface area (Å²) in [5.74, 6) is 1.78. The van der Waals surface area contributed by atoms with E-state index in [9.17, 15) is 5.11 Å². The minimum absolute atomic E-state index is 0.0325. The zero-order chi connectivity index (χ0) is 14.1. The lowest BCUT2D eigenvalue weighted by atomic mass is 10.2. The molecule has 0 saturated heterocycles. The highest BCUT2D eigenvalue weighted by Gasteiger charge is 2.14. The third-order valence-electron chi connectivity index (χ3n) is 3.18. The van der Waals surface area contributed by atoms with E-state index in [1.54, 1.807) is 6.20 Å². The average molecular weight is 269 g/mol. The number of nitrogen functional groups attached to an aromatic ring is 1. The molecule has 3 N–H and O–H groups in total. The first-order valence-electron chi connectivity index (χ1n) is 6.36. The number of para-hydroxylation sites is 1. The van der Waals surface area contributed by atoms with Crippen molar-refractivity contribution in [2.75, 3.05) is 12.3 Å². The average Bonchev–Trinajstić information content (AvgIpc) is 2.80. The van der Waals surface area contributed by atoms with E-state index in [2.05, 4.69) is 15.0 Å². The number of aliphatic hydroxyl groups excluding tert-OH is 1. The van der Waals surface area contributed by atoms with Crippen molar-refractivity contribution in [3.63, 3.8) is 0 Å².